The standard InChI is InChI=1S/C12H24O2/c1-5-7-11(4)12(8-13,9-14)10(3)6-2/h6,10-11,13-14H,2,5,7-9H2,1,3-4H3. The van der Waals surface area contributed by atoms with Gasteiger partial charge in [-0.1, -0.05) is 39.7 Å². The van der Waals surface area contributed by atoms with Crippen molar-refractivity contribution in [1.82, 2.24) is 0 Å². The Balaban J connectivity index is 4.75. The molecule has 2 unspecified atom stereocenters. The minimum absolute atomic E-state index is 0.0256. The normalized spacial score (nSPS) is 16.4. The van der Waals surface area contributed by atoms with Crippen LogP contribution in [0.3, 0.4) is 0 Å². The Bertz CT molecular complexity index is 162. The molecule has 14 heavy (non-hydrogen) atoms. The lowest BCUT2D eigenvalue weighted by atomic mass is 9.67. The van der Waals surface area contributed by atoms with Gasteiger partial charge in [-0.05, 0) is 11.8 Å². The van der Waals surface area contributed by atoms with E-state index in [2.05, 4.69) is 20.4 Å². The molecule has 0 saturated carbocycles. The molecule has 0 bridgehead atoms. The van der Waals surface area contributed by atoms with E-state index >= 15 is 0 Å². The molecule has 0 rings (SSSR count). The molecular formula is C12H24O2. The Morgan fingerprint density at radius 1 is 1.29 bits per heavy atom. The van der Waals surface area contributed by atoms with Crippen LogP contribution in [0, 0.1) is 17.3 Å². The van der Waals surface area contributed by atoms with Crippen molar-refractivity contribution in [2.45, 2.75) is 33.6 Å². The average molecular weight is 200 g/mol. The number of aliphatic hydroxyl groups excluding tert-OH is 2. The van der Waals surface area contributed by atoms with E-state index in [0.717, 1.165) is 12.8 Å². The third kappa shape index (κ3) is 2.58. The van der Waals surface area contributed by atoms with Gasteiger partial charge in [-0.15, -0.1) is 6.58 Å². The molecule has 2 nitrogen and oxygen atoms in total. The van der Waals surface area contributed by atoms with Crippen LogP contribution in [0.15, 0.2) is 12.7 Å². The molecule has 2 N–H and O–H groups in total. The number of hydrogen-bond donors (Lipinski definition) is 2. The lowest BCUT2D eigenvalue weighted by molar-refractivity contribution is -0.0216. The Labute approximate surface area is 87.7 Å². The Hall–Kier alpha value is -0.340. The average Bonchev–Trinajstić information content (AvgIpc) is 2.20. The lowest BCUT2D eigenvalue weighted by Crippen LogP contribution is -2.41. The molecule has 0 fully saturated rings. The molecule has 0 radical (unpaired) electrons. The van der Waals surface area contributed by atoms with Gasteiger partial charge in [-0.2, -0.15) is 0 Å². The highest BCUT2D eigenvalue weighted by Gasteiger charge is 2.38. The third-order valence-electron chi connectivity index (χ3n) is 3.55. The van der Waals surface area contributed by atoms with Crippen LogP contribution in [0.2, 0.25) is 0 Å². The minimum Gasteiger partial charge on any atom is -0.396 e. The maximum Gasteiger partial charge on any atom is 0.0517 e. The van der Waals surface area contributed by atoms with Crippen molar-refractivity contribution >= 4 is 0 Å². The van der Waals surface area contributed by atoms with Crippen molar-refractivity contribution in [1.29, 1.82) is 0 Å². The summed E-state index contributed by atoms with van der Waals surface area (Å²) in [7, 11) is 0. The molecule has 0 amide bonds. The third-order valence-corrected chi connectivity index (χ3v) is 3.55. The molecule has 0 aromatic heterocycles. The molecule has 0 heterocycles. The Morgan fingerprint density at radius 2 is 1.79 bits per heavy atom. The number of hydrogen-bond acceptors (Lipinski definition) is 2. The topological polar surface area (TPSA) is 40.5 Å². The highest BCUT2D eigenvalue weighted by molar-refractivity contribution is 4.95. The second-order valence-corrected chi connectivity index (χ2v) is 4.26. The summed E-state index contributed by atoms with van der Waals surface area (Å²) in [5.41, 5.74) is -0.405. The number of aliphatic hydroxyl groups is 2. The van der Waals surface area contributed by atoms with Gasteiger partial charge in [-0.25, -0.2) is 0 Å². The first kappa shape index (κ1) is 13.7. The second kappa shape index (κ2) is 6.20. The van der Waals surface area contributed by atoms with Crippen LogP contribution in [0.1, 0.15) is 33.6 Å². The van der Waals surface area contributed by atoms with Crippen LogP contribution in [0.5, 0.6) is 0 Å². The van der Waals surface area contributed by atoms with Crippen LogP contribution in [0.25, 0.3) is 0 Å². The van der Waals surface area contributed by atoms with Crippen LogP contribution in [-0.4, -0.2) is 23.4 Å². The minimum atomic E-state index is -0.405. The molecule has 2 heteroatoms. The molecular weight excluding hydrogens is 176 g/mol. The van der Waals surface area contributed by atoms with Gasteiger partial charge < -0.3 is 10.2 Å². The monoisotopic (exact) mass is 200 g/mol. The highest BCUT2D eigenvalue weighted by Crippen LogP contribution is 2.38. The zero-order valence-corrected chi connectivity index (χ0v) is 9.66. The summed E-state index contributed by atoms with van der Waals surface area (Å²) in [5.74, 6) is 0.453. The van der Waals surface area contributed by atoms with E-state index in [1.807, 2.05) is 13.0 Å². The van der Waals surface area contributed by atoms with Gasteiger partial charge in [-0.3, -0.25) is 0 Å². The van der Waals surface area contributed by atoms with Crippen LogP contribution in [-0.2, 0) is 0 Å². The van der Waals surface area contributed by atoms with E-state index in [0.29, 0.717) is 5.92 Å². The predicted molar refractivity (Wildman–Crippen MR) is 60.0 cm³/mol. The van der Waals surface area contributed by atoms with Crippen LogP contribution in [0.4, 0.5) is 0 Å². The van der Waals surface area contributed by atoms with Gasteiger partial charge in [0.25, 0.3) is 0 Å². The fourth-order valence-electron chi connectivity index (χ4n) is 2.05. The zero-order chi connectivity index (χ0) is 11.2. The van der Waals surface area contributed by atoms with Crippen molar-refractivity contribution in [3.8, 4) is 0 Å². The zero-order valence-electron chi connectivity index (χ0n) is 9.66. The smallest absolute Gasteiger partial charge is 0.0517 e. The van der Waals surface area contributed by atoms with Crippen molar-refractivity contribution in [3.63, 3.8) is 0 Å². The first-order valence-corrected chi connectivity index (χ1v) is 5.43. The Morgan fingerprint density at radius 3 is 2.07 bits per heavy atom. The van der Waals surface area contributed by atoms with E-state index < -0.39 is 5.41 Å². The summed E-state index contributed by atoms with van der Waals surface area (Å²) in [6, 6.07) is 0. The second-order valence-electron chi connectivity index (χ2n) is 4.26. The van der Waals surface area contributed by atoms with Gasteiger partial charge >= 0.3 is 0 Å². The maximum atomic E-state index is 9.47. The predicted octanol–water partition coefficient (Wildman–Crippen LogP) is 2.22. The van der Waals surface area contributed by atoms with Crippen molar-refractivity contribution < 1.29 is 10.2 Å². The molecule has 2 atom stereocenters. The van der Waals surface area contributed by atoms with Gasteiger partial charge in [0.2, 0.25) is 0 Å². The van der Waals surface area contributed by atoms with Crippen molar-refractivity contribution in [2.75, 3.05) is 13.2 Å². The quantitative estimate of drug-likeness (QED) is 0.619. The maximum absolute atomic E-state index is 9.47. The summed E-state index contributed by atoms with van der Waals surface area (Å²) < 4.78 is 0. The summed E-state index contributed by atoms with van der Waals surface area (Å²) >= 11 is 0. The van der Waals surface area contributed by atoms with Crippen molar-refractivity contribution in [3.05, 3.63) is 12.7 Å². The highest BCUT2D eigenvalue weighted by atomic mass is 16.3. The molecule has 0 aliphatic heterocycles. The van der Waals surface area contributed by atoms with Gasteiger partial charge in [0, 0.05) is 5.41 Å². The van der Waals surface area contributed by atoms with Gasteiger partial charge in [0.15, 0.2) is 0 Å². The lowest BCUT2D eigenvalue weighted by Gasteiger charge is -2.40. The van der Waals surface area contributed by atoms with Crippen LogP contribution < -0.4 is 0 Å². The Kier molecular flexibility index (Phi) is 6.05. The first-order chi connectivity index (χ1) is 6.58. The van der Waals surface area contributed by atoms with E-state index in [9.17, 15) is 10.2 Å². The molecule has 0 aromatic rings. The molecule has 84 valence electrons. The number of allylic oxidation sites excluding steroid dienone is 1. The molecule has 0 aromatic carbocycles. The SMILES string of the molecule is C=CC(C)C(CO)(CO)C(C)CCC. The summed E-state index contributed by atoms with van der Waals surface area (Å²) in [6.45, 7) is 10.0. The summed E-state index contributed by atoms with van der Waals surface area (Å²) in [4.78, 5) is 0. The first-order valence-electron chi connectivity index (χ1n) is 5.43. The van der Waals surface area contributed by atoms with Gasteiger partial charge in [0.1, 0.15) is 0 Å². The molecule has 0 aliphatic rings. The summed E-state index contributed by atoms with van der Waals surface area (Å²) in [5, 5.41) is 18.9. The molecule has 0 saturated heterocycles. The van der Waals surface area contributed by atoms with Crippen molar-refractivity contribution in [2.24, 2.45) is 17.3 Å². The summed E-state index contributed by atoms with van der Waals surface area (Å²) in [6.07, 6.45) is 3.92. The van der Waals surface area contributed by atoms with E-state index in [1.165, 1.54) is 0 Å². The fourth-order valence-corrected chi connectivity index (χ4v) is 2.05. The molecule has 0 aliphatic carbocycles. The fraction of sp³-hybridized carbons (Fsp3) is 0.833. The number of rotatable bonds is 7. The largest absolute Gasteiger partial charge is 0.396 e. The van der Waals surface area contributed by atoms with Crippen LogP contribution >= 0.6 is 0 Å². The molecule has 0 spiro atoms. The van der Waals surface area contributed by atoms with E-state index in [1.54, 1.807) is 0 Å². The van der Waals surface area contributed by atoms with E-state index in [-0.39, 0.29) is 19.1 Å². The van der Waals surface area contributed by atoms with Gasteiger partial charge in [0.05, 0.1) is 13.2 Å². The van der Waals surface area contributed by atoms with E-state index in [4.69, 9.17) is 0 Å².